The predicted molar refractivity (Wildman–Crippen MR) is 157 cm³/mol. The Labute approximate surface area is 271 Å². The lowest BCUT2D eigenvalue weighted by Crippen LogP contribution is -2.55. The smallest absolute Gasteiger partial charge is 0.407 e. The molecule has 5 amide bonds. The number of aromatic nitrogens is 2. The number of nitrogens with one attached hydrogen (secondary N) is 2. The maximum Gasteiger partial charge on any atom is 0.407 e. The standard InChI is InChI=1S/C29H34F3N7O9/c30-29(31,32)17-33-26(44)21-7-4-10-38(21)22(40)16-48-23-15-20(35-39(23)18-5-2-1-3-6-18)25(43)34-19(8-9-24(41)42)27(45)36-11-13-37(14-12-36)28(46)47/h1-3,5-6,15,19,21H,4,7-14,16-17H2,(H,33,44)(H,34,43)(H,41,42)(H,46,47)/t19-,21-/m0/s1. The molecule has 1 aromatic heterocycles. The van der Waals surface area contributed by atoms with Crippen molar-refractivity contribution in [2.75, 3.05) is 45.9 Å². The van der Waals surface area contributed by atoms with E-state index in [2.05, 4.69) is 10.4 Å². The molecule has 48 heavy (non-hydrogen) atoms. The van der Waals surface area contributed by atoms with Gasteiger partial charge in [0.25, 0.3) is 11.8 Å². The highest BCUT2D eigenvalue weighted by atomic mass is 19.4. The van der Waals surface area contributed by atoms with Gasteiger partial charge in [-0.05, 0) is 31.4 Å². The van der Waals surface area contributed by atoms with Gasteiger partial charge in [-0.15, -0.1) is 0 Å². The molecule has 3 heterocycles. The van der Waals surface area contributed by atoms with Gasteiger partial charge in [-0.25, -0.2) is 9.48 Å². The van der Waals surface area contributed by atoms with E-state index in [0.29, 0.717) is 12.1 Å². The van der Waals surface area contributed by atoms with Crippen molar-refractivity contribution in [1.29, 1.82) is 0 Å². The summed E-state index contributed by atoms with van der Waals surface area (Å²) in [6.07, 6.45) is -5.92. The number of likely N-dealkylation sites (tertiary alicyclic amines) is 1. The Bertz CT molecular complexity index is 1510. The molecular formula is C29H34F3N7O9. The highest BCUT2D eigenvalue weighted by molar-refractivity contribution is 5.96. The van der Waals surface area contributed by atoms with Gasteiger partial charge >= 0.3 is 18.2 Å². The van der Waals surface area contributed by atoms with Gasteiger partial charge in [-0.3, -0.25) is 24.0 Å². The molecule has 2 atom stereocenters. The monoisotopic (exact) mass is 681 g/mol. The molecule has 0 spiro atoms. The van der Waals surface area contributed by atoms with Gasteiger partial charge < -0.3 is 40.3 Å². The SMILES string of the molecule is O=C(O)CC[C@H](NC(=O)c1cc(OCC(=O)N2CCC[C@H]2C(=O)NCC(F)(F)F)n(-c2ccccc2)n1)C(=O)N1CCN(C(=O)O)CC1. The minimum absolute atomic E-state index is 0.0397. The number of halogens is 3. The van der Waals surface area contributed by atoms with Crippen molar-refractivity contribution >= 4 is 35.7 Å². The molecule has 4 rings (SSSR count). The number of carboxylic acid groups (broad SMARTS) is 2. The van der Waals surface area contributed by atoms with Gasteiger partial charge in [0.2, 0.25) is 17.7 Å². The first kappa shape index (κ1) is 35.5. The topological polar surface area (TPSA) is 204 Å². The Balaban J connectivity index is 1.49. The van der Waals surface area contributed by atoms with Crippen LogP contribution < -0.4 is 15.4 Å². The minimum atomic E-state index is -4.62. The van der Waals surface area contributed by atoms with Crippen LogP contribution in [0.5, 0.6) is 5.88 Å². The molecule has 2 saturated heterocycles. The summed E-state index contributed by atoms with van der Waals surface area (Å²) in [6.45, 7) is -1.90. The van der Waals surface area contributed by atoms with Crippen LogP contribution in [0.3, 0.4) is 0 Å². The average Bonchev–Trinajstić information content (AvgIpc) is 3.72. The molecule has 0 radical (unpaired) electrons. The van der Waals surface area contributed by atoms with E-state index in [0.717, 1.165) is 9.80 Å². The number of nitrogens with zero attached hydrogens (tertiary/aromatic N) is 5. The van der Waals surface area contributed by atoms with Gasteiger partial charge in [-0.1, -0.05) is 18.2 Å². The first-order chi connectivity index (χ1) is 22.7. The fourth-order valence-electron chi connectivity index (χ4n) is 5.29. The summed E-state index contributed by atoms with van der Waals surface area (Å²) < 4.78 is 44.7. The molecule has 0 aliphatic carbocycles. The van der Waals surface area contributed by atoms with Crippen LogP contribution >= 0.6 is 0 Å². The lowest BCUT2D eigenvalue weighted by Gasteiger charge is -2.35. The maximum atomic E-state index is 13.4. The normalized spacial score (nSPS) is 17.1. The van der Waals surface area contributed by atoms with Crippen molar-refractivity contribution in [2.45, 2.75) is 43.9 Å². The van der Waals surface area contributed by atoms with Crippen molar-refractivity contribution in [1.82, 2.24) is 35.1 Å². The van der Waals surface area contributed by atoms with E-state index < -0.39 is 73.5 Å². The lowest BCUT2D eigenvalue weighted by molar-refractivity contribution is -0.145. The number of ether oxygens (including phenoxy) is 1. The number of hydrogen-bond acceptors (Lipinski definition) is 8. The Morgan fingerprint density at radius 2 is 1.65 bits per heavy atom. The first-order valence-corrected chi connectivity index (χ1v) is 14.9. The fraction of sp³-hybridized carbons (Fsp3) is 0.483. The fourth-order valence-corrected chi connectivity index (χ4v) is 5.29. The third-order valence-corrected chi connectivity index (χ3v) is 7.70. The third kappa shape index (κ3) is 9.35. The third-order valence-electron chi connectivity index (χ3n) is 7.70. The molecule has 16 nitrogen and oxygen atoms in total. The summed E-state index contributed by atoms with van der Waals surface area (Å²) in [4.78, 5) is 78.2. The Kier molecular flexibility index (Phi) is 11.5. The largest absolute Gasteiger partial charge is 0.481 e. The molecule has 2 aliphatic rings. The van der Waals surface area contributed by atoms with Crippen LogP contribution in [0.15, 0.2) is 36.4 Å². The van der Waals surface area contributed by atoms with Gasteiger partial charge in [0.15, 0.2) is 12.3 Å². The van der Waals surface area contributed by atoms with Crippen molar-refractivity contribution in [2.24, 2.45) is 0 Å². The van der Waals surface area contributed by atoms with Crippen molar-refractivity contribution in [3.63, 3.8) is 0 Å². The number of carbonyl (C=O) groups is 6. The van der Waals surface area contributed by atoms with E-state index in [-0.39, 0.29) is 57.1 Å². The second-order valence-corrected chi connectivity index (χ2v) is 11.0. The predicted octanol–water partition coefficient (Wildman–Crippen LogP) is 0.706. The van der Waals surface area contributed by atoms with E-state index in [1.165, 1.54) is 15.6 Å². The summed E-state index contributed by atoms with van der Waals surface area (Å²) in [7, 11) is 0. The summed E-state index contributed by atoms with van der Waals surface area (Å²) >= 11 is 0. The molecule has 260 valence electrons. The van der Waals surface area contributed by atoms with Crippen LogP contribution in [0.25, 0.3) is 5.69 Å². The van der Waals surface area contributed by atoms with E-state index in [9.17, 15) is 52.2 Å². The van der Waals surface area contributed by atoms with Crippen LogP contribution in [0.2, 0.25) is 0 Å². The number of amides is 5. The summed E-state index contributed by atoms with van der Waals surface area (Å²) in [6, 6.07) is 7.11. The molecule has 0 saturated carbocycles. The molecule has 2 aliphatic heterocycles. The lowest BCUT2D eigenvalue weighted by atomic mass is 10.1. The number of hydrogen-bond donors (Lipinski definition) is 4. The van der Waals surface area contributed by atoms with Gasteiger partial charge in [-0.2, -0.15) is 18.3 Å². The number of para-hydroxylation sites is 1. The number of piperazine rings is 1. The zero-order valence-electron chi connectivity index (χ0n) is 25.5. The number of aliphatic carboxylic acids is 1. The van der Waals surface area contributed by atoms with Gasteiger partial charge in [0.1, 0.15) is 18.6 Å². The van der Waals surface area contributed by atoms with E-state index in [1.807, 2.05) is 0 Å². The molecular weight excluding hydrogens is 647 g/mol. The Morgan fingerprint density at radius 1 is 0.979 bits per heavy atom. The second kappa shape index (κ2) is 15.5. The quantitative estimate of drug-likeness (QED) is 0.247. The Hall–Kier alpha value is -5.36. The average molecular weight is 682 g/mol. The zero-order valence-corrected chi connectivity index (χ0v) is 25.5. The molecule has 4 N–H and O–H groups in total. The Morgan fingerprint density at radius 3 is 2.27 bits per heavy atom. The van der Waals surface area contributed by atoms with Crippen molar-refractivity contribution in [3.8, 4) is 11.6 Å². The summed E-state index contributed by atoms with van der Waals surface area (Å²) in [5.41, 5.74) is 0.162. The zero-order chi connectivity index (χ0) is 35.0. The number of alkyl halides is 3. The van der Waals surface area contributed by atoms with Crippen LogP contribution in [0.4, 0.5) is 18.0 Å². The van der Waals surface area contributed by atoms with Gasteiger partial charge in [0, 0.05) is 45.2 Å². The number of rotatable bonds is 12. The van der Waals surface area contributed by atoms with Crippen molar-refractivity contribution in [3.05, 3.63) is 42.1 Å². The highest BCUT2D eigenvalue weighted by Gasteiger charge is 2.37. The minimum Gasteiger partial charge on any atom is -0.481 e. The molecule has 19 heteroatoms. The van der Waals surface area contributed by atoms with E-state index in [4.69, 9.17) is 4.74 Å². The van der Waals surface area contributed by atoms with Crippen LogP contribution in [0.1, 0.15) is 36.2 Å². The summed E-state index contributed by atoms with van der Waals surface area (Å²) in [5.74, 6) is -4.39. The molecule has 0 bridgehead atoms. The number of carboxylic acids is 1. The molecule has 2 aromatic rings. The molecule has 2 fully saturated rings. The first-order valence-electron chi connectivity index (χ1n) is 14.9. The second-order valence-electron chi connectivity index (χ2n) is 11.0. The number of benzene rings is 1. The molecule has 0 unspecified atom stereocenters. The van der Waals surface area contributed by atoms with Gasteiger partial charge in [0.05, 0.1) is 5.69 Å². The van der Waals surface area contributed by atoms with Crippen LogP contribution in [0, 0.1) is 0 Å². The number of carbonyl (C=O) groups excluding carboxylic acids is 4. The highest BCUT2D eigenvalue weighted by Crippen LogP contribution is 2.22. The van der Waals surface area contributed by atoms with E-state index >= 15 is 0 Å². The maximum absolute atomic E-state index is 13.4. The van der Waals surface area contributed by atoms with Crippen molar-refractivity contribution < 1.29 is 56.9 Å². The molecule has 1 aromatic carbocycles. The summed E-state index contributed by atoms with van der Waals surface area (Å²) in [5, 5.41) is 27.0. The van der Waals surface area contributed by atoms with Crippen LogP contribution in [-0.2, 0) is 19.2 Å². The van der Waals surface area contributed by atoms with Crippen LogP contribution in [-0.4, -0.2) is 135 Å². The van der Waals surface area contributed by atoms with E-state index in [1.54, 1.807) is 35.6 Å².